The summed E-state index contributed by atoms with van der Waals surface area (Å²) >= 11 is 0. The van der Waals surface area contributed by atoms with Gasteiger partial charge in [-0.15, -0.1) is 0 Å². The zero-order valence-electron chi connectivity index (χ0n) is 17.8. The third kappa shape index (κ3) is 4.38. The highest BCUT2D eigenvalue weighted by atomic mass is 16.6. The largest absolute Gasteiger partial charge is 0.444 e. The average Bonchev–Trinajstić information content (AvgIpc) is 2.97. The summed E-state index contributed by atoms with van der Waals surface area (Å²) in [5.41, 5.74) is -1.45. The van der Waals surface area contributed by atoms with Crippen LogP contribution in [-0.4, -0.2) is 64.5 Å². The number of nitrogens with zero attached hydrogens (tertiary/aromatic N) is 2. The summed E-state index contributed by atoms with van der Waals surface area (Å²) < 4.78 is 5.49. The van der Waals surface area contributed by atoms with Gasteiger partial charge in [0.25, 0.3) is 5.91 Å². The van der Waals surface area contributed by atoms with Gasteiger partial charge >= 0.3 is 6.09 Å². The van der Waals surface area contributed by atoms with Gasteiger partial charge in [-0.1, -0.05) is 27.7 Å². The van der Waals surface area contributed by atoms with E-state index in [0.717, 1.165) is 6.42 Å². The molecular formula is C20H35N3O4. The average molecular weight is 382 g/mol. The van der Waals surface area contributed by atoms with Crippen molar-refractivity contribution in [3.8, 4) is 0 Å². The van der Waals surface area contributed by atoms with Crippen molar-refractivity contribution in [2.24, 2.45) is 11.8 Å². The lowest BCUT2D eigenvalue weighted by Crippen LogP contribution is -2.76. The molecule has 154 valence electrons. The molecule has 1 unspecified atom stereocenters. The molecule has 0 bridgehead atoms. The monoisotopic (exact) mass is 381 g/mol. The normalized spacial score (nSPS) is 23.8. The molecule has 27 heavy (non-hydrogen) atoms. The predicted molar refractivity (Wildman–Crippen MR) is 103 cm³/mol. The predicted octanol–water partition coefficient (Wildman–Crippen LogP) is 2.40. The Labute approximate surface area is 162 Å². The topological polar surface area (TPSA) is 79.0 Å². The summed E-state index contributed by atoms with van der Waals surface area (Å²) in [5.74, 6) is 0.0838. The molecule has 0 aromatic heterocycles. The first-order chi connectivity index (χ1) is 12.4. The number of carbonyl (C=O) groups is 3. The van der Waals surface area contributed by atoms with Crippen molar-refractivity contribution in [2.75, 3.05) is 19.6 Å². The molecule has 7 heteroatoms. The number of β-lactam (4-membered cyclic amide) rings is 1. The van der Waals surface area contributed by atoms with Crippen molar-refractivity contribution in [2.45, 2.75) is 78.5 Å². The minimum Gasteiger partial charge on any atom is -0.444 e. The number of likely N-dealkylation sites (tertiary alicyclic amines) is 2. The molecule has 1 spiro atoms. The van der Waals surface area contributed by atoms with Crippen LogP contribution in [0.25, 0.3) is 0 Å². The lowest BCUT2D eigenvalue weighted by molar-refractivity contribution is -0.169. The number of rotatable bonds is 5. The van der Waals surface area contributed by atoms with Crippen LogP contribution in [0.1, 0.15) is 61.3 Å². The van der Waals surface area contributed by atoms with E-state index in [1.165, 1.54) is 0 Å². The fourth-order valence-electron chi connectivity index (χ4n) is 3.88. The van der Waals surface area contributed by atoms with Crippen LogP contribution in [0.5, 0.6) is 0 Å². The van der Waals surface area contributed by atoms with Gasteiger partial charge in [0, 0.05) is 13.1 Å². The van der Waals surface area contributed by atoms with Gasteiger partial charge in [-0.2, -0.15) is 0 Å². The quantitative estimate of drug-likeness (QED) is 0.742. The second-order valence-electron chi connectivity index (χ2n) is 9.53. The molecule has 0 aliphatic carbocycles. The Morgan fingerprint density at radius 3 is 2.33 bits per heavy atom. The Morgan fingerprint density at radius 1 is 1.22 bits per heavy atom. The molecule has 0 aromatic rings. The summed E-state index contributed by atoms with van der Waals surface area (Å²) in [5, 5.41) is 2.94. The number of nitrogens with one attached hydrogen (secondary N) is 1. The van der Waals surface area contributed by atoms with E-state index in [1.54, 1.807) is 9.80 Å². The zero-order valence-corrected chi connectivity index (χ0v) is 17.8. The summed E-state index contributed by atoms with van der Waals surface area (Å²) in [6, 6.07) is -0.511. The lowest BCUT2D eigenvalue weighted by atomic mass is 9.82. The van der Waals surface area contributed by atoms with Crippen molar-refractivity contribution < 1.29 is 19.1 Å². The van der Waals surface area contributed by atoms with Gasteiger partial charge < -0.3 is 15.0 Å². The van der Waals surface area contributed by atoms with E-state index in [1.807, 2.05) is 48.5 Å². The SMILES string of the molecule is CC(C)CNC(=O)[C@H](C(C)C)N1CC2(CCCN2C(=O)OC(C)(C)C)C1=O. The van der Waals surface area contributed by atoms with Gasteiger partial charge in [0.05, 0.1) is 6.54 Å². The highest BCUT2D eigenvalue weighted by Crippen LogP contribution is 2.41. The van der Waals surface area contributed by atoms with E-state index < -0.39 is 23.3 Å². The molecule has 0 saturated carbocycles. The molecule has 2 aliphatic heterocycles. The molecule has 1 N–H and O–H groups in total. The molecule has 3 amide bonds. The third-order valence-corrected chi connectivity index (χ3v) is 5.11. The Bertz CT molecular complexity index is 597. The maximum absolute atomic E-state index is 13.2. The Hall–Kier alpha value is -1.79. The summed E-state index contributed by atoms with van der Waals surface area (Å²) in [4.78, 5) is 41.6. The van der Waals surface area contributed by atoms with Gasteiger partial charge in [0.1, 0.15) is 17.2 Å². The number of carbonyl (C=O) groups excluding carboxylic acids is 3. The van der Waals surface area contributed by atoms with Crippen molar-refractivity contribution in [1.82, 2.24) is 15.1 Å². The molecule has 2 fully saturated rings. The van der Waals surface area contributed by atoms with Crippen LogP contribution < -0.4 is 5.32 Å². The van der Waals surface area contributed by atoms with Crippen molar-refractivity contribution in [3.63, 3.8) is 0 Å². The number of ether oxygens (including phenoxy) is 1. The van der Waals surface area contributed by atoms with Crippen molar-refractivity contribution in [3.05, 3.63) is 0 Å². The first-order valence-electron chi connectivity index (χ1n) is 9.98. The van der Waals surface area contributed by atoms with Crippen LogP contribution in [0.2, 0.25) is 0 Å². The lowest BCUT2D eigenvalue weighted by Gasteiger charge is -2.53. The molecule has 2 atom stereocenters. The van der Waals surface area contributed by atoms with Crippen LogP contribution >= 0.6 is 0 Å². The van der Waals surface area contributed by atoms with E-state index in [-0.39, 0.29) is 17.7 Å². The highest BCUT2D eigenvalue weighted by Gasteiger charge is 2.62. The second-order valence-corrected chi connectivity index (χ2v) is 9.53. The molecule has 2 heterocycles. The Morgan fingerprint density at radius 2 is 1.85 bits per heavy atom. The molecule has 2 saturated heterocycles. The van der Waals surface area contributed by atoms with E-state index in [4.69, 9.17) is 4.74 Å². The van der Waals surface area contributed by atoms with Gasteiger partial charge in [0.2, 0.25) is 5.91 Å². The maximum Gasteiger partial charge on any atom is 0.411 e. The fraction of sp³-hybridized carbons (Fsp3) is 0.850. The van der Waals surface area contributed by atoms with Crippen LogP contribution in [0.4, 0.5) is 4.79 Å². The van der Waals surface area contributed by atoms with Gasteiger partial charge in [-0.05, 0) is 45.4 Å². The first-order valence-corrected chi connectivity index (χ1v) is 9.98. The Balaban J connectivity index is 2.12. The van der Waals surface area contributed by atoms with Gasteiger partial charge in [0.15, 0.2) is 0 Å². The summed E-state index contributed by atoms with van der Waals surface area (Å²) in [6.45, 7) is 14.9. The fourth-order valence-corrected chi connectivity index (χ4v) is 3.88. The van der Waals surface area contributed by atoms with E-state index >= 15 is 0 Å². The zero-order chi connectivity index (χ0) is 20.6. The van der Waals surface area contributed by atoms with E-state index in [2.05, 4.69) is 5.32 Å². The molecule has 0 aromatic carbocycles. The van der Waals surface area contributed by atoms with Crippen molar-refractivity contribution >= 4 is 17.9 Å². The minimum absolute atomic E-state index is 0.00478. The smallest absolute Gasteiger partial charge is 0.411 e. The van der Waals surface area contributed by atoms with Crippen LogP contribution in [0.15, 0.2) is 0 Å². The van der Waals surface area contributed by atoms with Crippen molar-refractivity contribution in [1.29, 1.82) is 0 Å². The Kier molecular flexibility index (Phi) is 6.12. The number of amides is 3. The second kappa shape index (κ2) is 7.68. The number of hydrogen-bond acceptors (Lipinski definition) is 4. The van der Waals surface area contributed by atoms with Crippen LogP contribution in [-0.2, 0) is 14.3 Å². The number of hydrogen-bond donors (Lipinski definition) is 1. The van der Waals surface area contributed by atoms with E-state index in [9.17, 15) is 14.4 Å². The van der Waals surface area contributed by atoms with E-state index in [0.29, 0.717) is 32.0 Å². The highest BCUT2D eigenvalue weighted by molar-refractivity contribution is 5.99. The third-order valence-electron chi connectivity index (χ3n) is 5.11. The maximum atomic E-state index is 13.2. The summed E-state index contributed by atoms with van der Waals surface area (Å²) in [7, 11) is 0. The van der Waals surface area contributed by atoms with Crippen LogP contribution in [0.3, 0.4) is 0 Å². The van der Waals surface area contributed by atoms with Gasteiger partial charge in [-0.3, -0.25) is 14.5 Å². The molecule has 2 rings (SSSR count). The standard InChI is InChI=1S/C20H35N3O4/c1-13(2)11-21-16(24)15(14(3)4)22-12-20(17(22)25)9-8-10-23(20)18(26)27-19(5,6)7/h13-15H,8-12H2,1-7H3,(H,21,24)/t15-,20?/m0/s1. The molecule has 2 aliphatic rings. The molecule has 7 nitrogen and oxygen atoms in total. The molecule has 0 radical (unpaired) electrons. The molecular weight excluding hydrogens is 346 g/mol. The van der Waals surface area contributed by atoms with Gasteiger partial charge in [-0.25, -0.2) is 4.79 Å². The minimum atomic E-state index is -0.839. The summed E-state index contributed by atoms with van der Waals surface area (Å²) in [6.07, 6.45) is 0.948. The first kappa shape index (κ1) is 21.5. The van der Waals surface area contributed by atoms with Crippen LogP contribution in [0, 0.1) is 11.8 Å².